The van der Waals surface area contributed by atoms with E-state index in [-0.39, 0.29) is 11.9 Å². The number of amides is 1. The summed E-state index contributed by atoms with van der Waals surface area (Å²) in [5, 5.41) is 6.26. The van der Waals surface area contributed by atoms with E-state index in [9.17, 15) is 4.79 Å². The Kier molecular flexibility index (Phi) is 3.87. The molecule has 0 radical (unpaired) electrons. The maximum absolute atomic E-state index is 12.7. The minimum Gasteiger partial charge on any atom is -0.333 e. The van der Waals surface area contributed by atoms with Crippen molar-refractivity contribution < 1.29 is 4.79 Å². The molecule has 20 heavy (non-hydrogen) atoms. The summed E-state index contributed by atoms with van der Waals surface area (Å²) in [6, 6.07) is 4.21. The number of piperidine rings is 1. The van der Waals surface area contributed by atoms with Gasteiger partial charge in [0.25, 0.3) is 5.91 Å². The summed E-state index contributed by atoms with van der Waals surface area (Å²) < 4.78 is 1.93. The second kappa shape index (κ2) is 5.79. The van der Waals surface area contributed by atoms with Crippen LogP contribution in [0.2, 0.25) is 0 Å². The number of carbonyl (C=O) groups is 1. The number of rotatable bonds is 3. The van der Waals surface area contributed by atoms with Crippen molar-refractivity contribution in [1.29, 1.82) is 0 Å². The van der Waals surface area contributed by atoms with E-state index in [4.69, 9.17) is 0 Å². The summed E-state index contributed by atoms with van der Waals surface area (Å²) in [6.45, 7) is 3.67. The normalized spacial score (nSPS) is 19.2. The molecule has 106 valence electrons. The minimum atomic E-state index is 0.189. The molecular formula is C15H19N3OS. The monoisotopic (exact) mass is 289 g/mol. The second-order valence-corrected chi connectivity index (χ2v) is 6.23. The van der Waals surface area contributed by atoms with Crippen LogP contribution in [-0.4, -0.2) is 33.2 Å². The van der Waals surface area contributed by atoms with Crippen molar-refractivity contribution in [3.63, 3.8) is 0 Å². The van der Waals surface area contributed by atoms with Gasteiger partial charge in [0.1, 0.15) is 0 Å². The molecule has 4 nitrogen and oxygen atoms in total. The van der Waals surface area contributed by atoms with Gasteiger partial charge < -0.3 is 4.90 Å². The summed E-state index contributed by atoms with van der Waals surface area (Å²) in [5.41, 5.74) is 1.09. The number of aryl methyl sites for hydroxylation is 1. The minimum absolute atomic E-state index is 0.189. The van der Waals surface area contributed by atoms with Gasteiger partial charge in [-0.1, -0.05) is 0 Å². The predicted molar refractivity (Wildman–Crippen MR) is 80.0 cm³/mol. The van der Waals surface area contributed by atoms with Gasteiger partial charge in [0.05, 0.1) is 17.5 Å². The molecule has 0 aliphatic carbocycles. The molecule has 1 aliphatic heterocycles. The number of nitrogens with zero attached hydrogens (tertiary/aromatic N) is 3. The third-order valence-corrected chi connectivity index (χ3v) is 4.91. The average Bonchev–Trinajstić information content (AvgIpc) is 3.10. The Labute approximate surface area is 123 Å². The van der Waals surface area contributed by atoms with Crippen LogP contribution in [-0.2, 0) is 6.54 Å². The molecule has 3 rings (SSSR count). The summed E-state index contributed by atoms with van der Waals surface area (Å²) >= 11 is 1.55. The first kappa shape index (κ1) is 13.4. The van der Waals surface area contributed by atoms with Gasteiger partial charge >= 0.3 is 0 Å². The summed E-state index contributed by atoms with van der Waals surface area (Å²) in [4.78, 5) is 15.7. The fraction of sp³-hybridized carbons (Fsp3) is 0.467. The van der Waals surface area contributed by atoms with Gasteiger partial charge in [-0.25, -0.2) is 0 Å². The maximum Gasteiger partial charge on any atom is 0.264 e. The van der Waals surface area contributed by atoms with Crippen molar-refractivity contribution in [2.24, 2.45) is 0 Å². The number of thiophene rings is 1. The predicted octanol–water partition coefficient (Wildman–Crippen LogP) is 2.95. The molecule has 0 saturated carbocycles. The zero-order valence-corrected chi connectivity index (χ0v) is 12.5. The molecule has 1 fully saturated rings. The zero-order valence-electron chi connectivity index (χ0n) is 11.7. The lowest BCUT2D eigenvalue weighted by Gasteiger charge is -2.35. The molecule has 0 spiro atoms. The molecule has 2 aromatic heterocycles. The lowest BCUT2D eigenvalue weighted by Crippen LogP contribution is -2.45. The molecule has 1 unspecified atom stereocenters. The Morgan fingerprint density at radius 2 is 2.40 bits per heavy atom. The zero-order chi connectivity index (χ0) is 13.9. The van der Waals surface area contributed by atoms with E-state index in [1.807, 2.05) is 40.2 Å². The quantitative estimate of drug-likeness (QED) is 0.871. The fourth-order valence-corrected chi connectivity index (χ4v) is 3.68. The van der Waals surface area contributed by atoms with E-state index in [0.29, 0.717) is 0 Å². The van der Waals surface area contributed by atoms with Crippen LogP contribution < -0.4 is 0 Å². The number of hydrogen-bond acceptors (Lipinski definition) is 3. The average molecular weight is 289 g/mol. The highest BCUT2D eigenvalue weighted by Crippen LogP contribution is 2.24. The van der Waals surface area contributed by atoms with Crippen LogP contribution in [0, 0.1) is 6.92 Å². The van der Waals surface area contributed by atoms with Crippen LogP contribution in [0.1, 0.15) is 34.5 Å². The second-order valence-electron chi connectivity index (χ2n) is 5.31. The van der Waals surface area contributed by atoms with Gasteiger partial charge in [-0.2, -0.15) is 5.10 Å². The molecular weight excluding hydrogens is 270 g/mol. The van der Waals surface area contributed by atoms with Crippen molar-refractivity contribution in [3.8, 4) is 0 Å². The van der Waals surface area contributed by atoms with E-state index < -0.39 is 0 Å². The largest absolute Gasteiger partial charge is 0.333 e. The van der Waals surface area contributed by atoms with Crippen LogP contribution in [0.5, 0.6) is 0 Å². The summed E-state index contributed by atoms with van der Waals surface area (Å²) in [7, 11) is 0. The van der Waals surface area contributed by atoms with Crippen molar-refractivity contribution in [2.75, 3.05) is 6.54 Å². The van der Waals surface area contributed by atoms with Gasteiger partial charge in [0, 0.05) is 18.9 Å². The summed E-state index contributed by atoms with van der Waals surface area (Å²) in [5.74, 6) is 0.189. The molecule has 1 atom stereocenters. The highest BCUT2D eigenvalue weighted by atomic mass is 32.1. The molecule has 1 aliphatic rings. The molecule has 0 N–H and O–H groups in total. The molecule has 1 amide bonds. The Morgan fingerprint density at radius 3 is 3.10 bits per heavy atom. The maximum atomic E-state index is 12.7. The topological polar surface area (TPSA) is 38.1 Å². The Bertz CT molecular complexity index is 576. The molecule has 0 bridgehead atoms. The van der Waals surface area contributed by atoms with E-state index in [2.05, 4.69) is 5.10 Å². The molecule has 3 heterocycles. The van der Waals surface area contributed by atoms with Gasteiger partial charge in [0.15, 0.2) is 0 Å². The fourth-order valence-electron chi connectivity index (χ4n) is 2.80. The van der Waals surface area contributed by atoms with Gasteiger partial charge in [0.2, 0.25) is 0 Å². The van der Waals surface area contributed by atoms with Gasteiger partial charge in [-0.3, -0.25) is 9.48 Å². The first-order valence-electron chi connectivity index (χ1n) is 7.08. The lowest BCUT2D eigenvalue weighted by molar-refractivity contribution is 0.0588. The van der Waals surface area contributed by atoms with E-state index >= 15 is 0 Å². The number of carbonyl (C=O) groups excluding carboxylic acids is 1. The van der Waals surface area contributed by atoms with Crippen LogP contribution >= 0.6 is 11.3 Å². The van der Waals surface area contributed by atoms with Crippen molar-refractivity contribution in [1.82, 2.24) is 14.7 Å². The molecule has 5 heteroatoms. The smallest absolute Gasteiger partial charge is 0.264 e. The van der Waals surface area contributed by atoms with E-state index in [1.54, 1.807) is 17.5 Å². The molecule has 1 saturated heterocycles. The van der Waals surface area contributed by atoms with E-state index in [1.165, 1.54) is 6.42 Å². The lowest BCUT2D eigenvalue weighted by atomic mass is 10.0. The standard InChI is InChI=1S/C15H19N3OS/c1-12-6-10-20-14(12)15(19)18-9-3-2-5-13(18)11-17-8-4-7-16-17/h4,6-8,10,13H,2-3,5,9,11H2,1H3. The Morgan fingerprint density at radius 1 is 1.50 bits per heavy atom. The summed E-state index contributed by atoms with van der Waals surface area (Å²) in [6.07, 6.45) is 7.12. The van der Waals surface area contributed by atoms with Crippen LogP contribution in [0.4, 0.5) is 0 Å². The van der Waals surface area contributed by atoms with Gasteiger partial charge in [-0.15, -0.1) is 11.3 Å². The van der Waals surface area contributed by atoms with Crippen molar-refractivity contribution in [3.05, 3.63) is 40.3 Å². The van der Waals surface area contributed by atoms with Crippen molar-refractivity contribution in [2.45, 2.75) is 38.8 Å². The van der Waals surface area contributed by atoms with Crippen molar-refractivity contribution >= 4 is 17.2 Å². The third-order valence-electron chi connectivity index (χ3n) is 3.90. The Hall–Kier alpha value is -1.62. The molecule has 0 aromatic carbocycles. The van der Waals surface area contributed by atoms with Crippen LogP contribution in [0.3, 0.4) is 0 Å². The van der Waals surface area contributed by atoms with E-state index in [0.717, 1.165) is 36.4 Å². The molecule has 2 aromatic rings. The highest BCUT2D eigenvalue weighted by molar-refractivity contribution is 7.12. The van der Waals surface area contributed by atoms with Crippen LogP contribution in [0.15, 0.2) is 29.9 Å². The SMILES string of the molecule is Cc1ccsc1C(=O)N1CCCCC1Cn1cccn1. The van der Waals surface area contributed by atoms with Crippen LogP contribution in [0.25, 0.3) is 0 Å². The highest BCUT2D eigenvalue weighted by Gasteiger charge is 2.29. The first-order chi connectivity index (χ1) is 9.75. The van der Waals surface area contributed by atoms with Gasteiger partial charge in [-0.05, 0) is 49.3 Å². The first-order valence-corrected chi connectivity index (χ1v) is 7.96. The number of aromatic nitrogens is 2. The number of likely N-dealkylation sites (tertiary alicyclic amines) is 1. The Balaban J connectivity index is 1.78. The number of hydrogen-bond donors (Lipinski definition) is 0. The third kappa shape index (κ3) is 2.63.